The number of benzene rings is 1. The zero-order valence-electron chi connectivity index (χ0n) is 14.5. The van der Waals surface area contributed by atoms with Crippen LogP contribution < -0.4 is 15.4 Å². The molecule has 0 radical (unpaired) electrons. The summed E-state index contributed by atoms with van der Waals surface area (Å²) in [6.45, 7) is 2.50. The van der Waals surface area contributed by atoms with Crippen molar-refractivity contribution in [2.24, 2.45) is 5.92 Å². The zero-order chi connectivity index (χ0) is 17.1. The van der Waals surface area contributed by atoms with E-state index in [1.807, 2.05) is 32.2 Å². The molecule has 9 heteroatoms. The molecule has 2 aromatic rings. The number of aromatic nitrogens is 4. The van der Waals surface area contributed by atoms with Gasteiger partial charge >= 0.3 is 0 Å². The molecule has 1 amide bonds. The van der Waals surface area contributed by atoms with E-state index in [-0.39, 0.29) is 24.2 Å². The largest absolute Gasteiger partial charge is 0.494 e. The third kappa shape index (κ3) is 4.26. The van der Waals surface area contributed by atoms with Crippen molar-refractivity contribution in [3.63, 3.8) is 0 Å². The molecule has 1 fully saturated rings. The standard InChI is InChI=1S/C16H22N6O2.ClH/c1-10(9-17-2)16(23)18-12-6-7-14(24-3)13(8-12)22-15(11-4-5-11)19-20-21-22;/h6-8,10-11,17H,4-5,9H2,1-3H3,(H,18,23);1H. The number of carbonyl (C=O) groups is 1. The van der Waals surface area contributed by atoms with Crippen LogP contribution in [-0.2, 0) is 4.79 Å². The Morgan fingerprint density at radius 2 is 2.20 bits per heavy atom. The van der Waals surface area contributed by atoms with E-state index in [0.717, 1.165) is 24.4 Å². The number of halogens is 1. The van der Waals surface area contributed by atoms with Gasteiger partial charge in [-0.1, -0.05) is 6.92 Å². The highest BCUT2D eigenvalue weighted by molar-refractivity contribution is 5.92. The number of hydrogen-bond acceptors (Lipinski definition) is 6. The molecular formula is C16H23ClN6O2. The summed E-state index contributed by atoms with van der Waals surface area (Å²) in [5.74, 6) is 1.72. The molecule has 2 N–H and O–H groups in total. The molecule has 1 unspecified atom stereocenters. The molecule has 136 valence electrons. The van der Waals surface area contributed by atoms with Crippen molar-refractivity contribution in [3.8, 4) is 11.4 Å². The molecule has 25 heavy (non-hydrogen) atoms. The van der Waals surface area contributed by atoms with Crippen LogP contribution in [-0.4, -0.2) is 46.8 Å². The molecule has 0 aliphatic heterocycles. The van der Waals surface area contributed by atoms with Crippen molar-refractivity contribution in [1.82, 2.24) is 25.5 Å². The second-order valence-electron chi connectivity index (χ2n) is 6.06. The summed E-state index contributed by atoms with van der Waals surface area (Å²) in [5.41, 5.74) is 1.42. The van der Waals surface area contributed by atoms with Crippen LogP contribution in [0.5, 0.6) is 5.75 Å². The Bertz CT molecular complexity index is 731. The Kier molecular flexibility index (Phi) is 6.33. The lowest BCUT2D eigenvalue weighted by Crippen LogP contribution is -2.28. The summed E-state index contributed by atoms with van der Waals surface area (Å²) in [6.07, 6.45) is 2.20. The lowest BCUT2D eigenvalue weighted by Gasteiger charge is -2.14. The number of rotatable bonds is 7. The smallest absolute Gasteiger partial charge is 0.228 e. The van der Waals surface area contributed by atoms with Gasteiger partial charge in [0.05, 0.1) is 7.11 Å². The van der Waals surface area contributed by atoms with E-state index in [4.69, 9.17) is 4.74 Å². The van der Waals surface area contributed by atoms with Crippen LogP contribution in [0.25, 0.3) is 5.69 Å². The van der Waals surface area contributed by atoms with Crippen LogP contribution in [0.4, 0.5) is 5.69 Å². The molecule has 1 atom stereocenters. The van der Waals surface area contributed by atoms with E-state index in [0.29, 0.717) is 23.9 Å². The Morgan fingerprint density at radius 3 is 2.84 bits per heavy atom. The van der Waals surface area contributed by atoms with E-state index in [9.17, 15) is 4.79 Å². The minimum atomic E-state index is -0.129. The molecule has 1 saturated carbocycles. The molecule has 1 aliphatic carbocycles. The number of hydrogen-bond donors (Lipinski definition) is 2. The van der Waals surface area contributed by atoms with Gasteiger partial charge in [-0.25, -0.2) is 0 Å². The van der Waals surface area contributed by atoms with E-state index in [2.05, 4.69) is 26.2 Å². The van der Waals surface area contributed by atoms with Crippen LogP contribution in [0, 0.1) is 5.92 Å². The molecule has 3 rings (SSSR count). The molecular weight excluding hydrogens is 344 g/mol. The number of carbonyl (C=O) groups excluding carboxylic acids is 1. The highest BCUT2D eigenvalue weighted by Gasteiger charge is 2.30. The summed E-state index contributed by atoms with van der Waals surface area (Å²) in [6, 6.07) is 5.46. The minimum absolute atomic E-state index is 0. The molecule has 0 spiro atoms. The second kappa shape index (κ2) is 8.26. The van der Waals surface area contributed by atoms with Gasteiger partial charge in [0.2, 0.25) is 5.91 Å². The van der Waals surface area contributed by atoms with E-state index in [1.54, 1.807) is 11.8 Å². The number of anilines is 1. The molecule has 0 saturated heterocycles. The van der Waals surface area contributed by atoms with Crippen LogP contribution in [0.2, 0.25) is 0 Å². The molecule has 0 bridgehead atoms. The van der Waals surface area contributed by atoms with Gasteiger partial charge in [0.25, 0.3) is 0 Å². The van der Waals surface area contributed by atoms with Crippen molar-refractivity contribution in [2.45, 2.75) is 25.7 Å². The molecule has 1 heterocycles. The lowest BCUT2D eigenvalue weighted by molar-refractivity contribution is -0.119. The van der Waals surface area contributed by atoms with Gasteiger partial charge in [-0.05, 0) is 48.5 Å². The van der Waals surface area contributed by atoms with Gasteiger partial charge in [0.1, 0.15) is 11.4 Å². The van der Waals surface area contributed by atoms with Gasteiger partial charge in [-0.15, -0.1) is 17.5 Å². The molecule has 8 nitrogen and oxygen atoms in total. The van der Waals surface area contributed by atoms with Gasteiger partial charge in [0.15, 0.2) is 5.82 Å². The summed E-state index contributed by atoms with van der Waals surface area (Å²) >= 11 is 0. The average Bonchev–Trinajstić information content (AvgIpc) is 3.31. The first-order valence-electron chi connectivity index (χ1n) is 8.06. The van der Waals surface area contributed by atoms with E-state index in [1.165, 1.54) is 0 Å². The molecule has 1 aliphatic rings. The number of methoxy groups -OCH3 is 1. The quantitative estimate of drug-likeness (QED) is 0.775. The predicted molar refractivity (Wildman–Crippen MR) is 96.6 cm³/mol. The van der Waals surface area contributed by atoms with Crippen LogP contribution >= 0.6 is 12.4 Å². The van der Waals surface area contributed by atoms with Crippen LogP contribution in [0.3, 0.4) is 0 Å². The number of ether oxygens (including phenoxy) is 1. The first-order valence-corrected chi connectivity index (χ1v) is 8.06. The third-order valence-corrected chi connectivity index (χ3v) is 4.07. The fourth-order valence-electron chi connectivity index (χ4n) is 2.56. The van der Waals surface area contributed by atoms with Crippen LogP contribution in [0.1, 0.15) is 31.5 Å². The number of nitrogens with zero attached hydrogens (tertiary/aromatic N) is 4. The topological polar surface area (TPSA) is 94.0 Å². The second-order valence-corrected chi connectivity index (χ2v) is 6.06. The van der Waals surface area contributed by atoms with E-state index < -0.39 is 0 Å². The first-order chi connectivity index (χ1) is 11.6. The average molecular weight is 367 g/mol. The predicted octanol–water partition coefficient (Wildman–Crippen LogP) is 1.76. The van der Waals surface area contributed by atoms with Crippen molar-refractivity contribution >= 4 is 24.0 Å². The number of nitrogens with one attached hydrogen (secondary N) is 2. The van der Waals surface area contributed by atoms with Crippen molar-refractivity contribution in [2.75, 3.05) is 26.0 Å². The maximum atomic E-state index is 12.2. The molecule has 1 aromatic heterocycles. The fourth-order valence-corrected chi connectivity index (χ4v) is 2.56. The Morgan fingerprint density at radius 1 is 1.44 bits per heavy atom. The fraction of sp³-hybridized carbons (Fsp3) is 0.500. The monoisotopic (exact) mass is 366 g/mol. The summed E-state index contributed by atoms with van der Waals surface area (Å²) in [4.78, 5) is 12.2. The third-order valence-electron chi connectivity index (χ3n) is 4.07. The first kappa shape index (κ1) is 19.1. The van der Waals surface area contributed by atoms with Crippen molar-refractivity contribution in [3.05, 3.63) is 24.0 Å². The highest BCUT2D eigenvalue weighted by atomic mass is 35.5. The SMILES string of the molecule is CNCC(C)C(=O)Nc1ccc(OC)c(-n2nnnc2C2CC2)c1.Cl. The number of tetrazole rings is 1. The number of amides is 1. The Labute approximate surface area is 152 Å². The van der Waals surface area contributed by atoms with E-state index >= 15 is 0 Å². The Hall–Kier alpha value is -2.19. The van der Waals surface area contributed by atoms with Crippen molar-refractivity contribution in [1.29, 1.82) is 0 Å². The Balaban J connectivity index is 0.00000225. The van der Waals surface area contributed by atoms with Gasteiger partial charge < -0.3 is 15.4 Å². The normalized spacial score (nSPS) is 14.5. The maximum Gasteiger partial charge on any atom is 0.228 e. The van der Waals surface area contributed by atoms with Gasteiger partial charge in [0, 0.05) is 24.1 Å². The van der Waals surface area contributed by atoms with Crippen molar-refractivity contribution < 1.29 is 9.53 Å². The zero-order valence-corrected chi connectivity index (χ0v) is 15.3. The van der Waals surface area contributed by atoms with Gasteiger partial charge in [-0.3, -0.25) is 4.79 Å². The van der Waals surface area contributed by atoms with Gasteiger partial charge in [-0.2, -0.15) is 4.68 Å². The summed E-state index contributed by atoms with van der Waals surface area (Å²) < 4.78 is 7.13. The summed E-state index contributed by atoms with van der Waals surface area (Å²) in [5, 5.41) is 17.9. The highest BCUT2D eigenvalue weighted by Crippen LogP contribution is 2.40. The maximum absolute atomic E-state index is 12.2. The lowest BCUT2D eigenvalue weighted by atomic mass is 10.1. The van der Waals surface area contributed by atoms with Crippen LogP contribution in [0.15, 0.2) is 18.2 Å². The molecule has 1 aromatic carbocycles. The minimum Gasteiger partial charge on any atom is -0.494 e. The summed E-state index contributed by atoms with van der Waals surface area (Å²) in [7, 11) is 3.43.